The first-order valence-corrected chi connectivity index (χ1v) is 9.05. The van der Waals surface area contributed by atoms with E-state index in [-0.39, 0.29) is 29.9 Å². The van der Waals surface area contributed by atoms with Gasteiger partial charge in [-0.1, -0.05) is 6.07 Å². The Labute approximate surface area is 173 Å². The van der Waals surface area contributed by atoms with Crippen LogP contribution in [0.25, 0.3) is 0 Å². The zero-order valence-electron chi connectivity index (χ0n) is 17.9. The SMILES string of the molecule is CC(C)NC(C=O)c1ccc(OC(=O)C(C)(C)C)c(OC(=O)C(C)(C)C)c1.Cl. The summed E-state index contributed by atoms with van der Waals surface area (Å²) in [6, 6.07) is 4.30. The summed E-state index contributed by atoms with van der Waals surface area (Å²) in [5.41, 5.74) is -0.832. The van der Waals surface area contributed by atoms with Gasteiger partial charge in [0.15, 0.2) is 11.5 Å². The molecule has 158 valence electrons. The molecule has 28 heavy (non-hydrogen) atoms. The third-order valence-corrected chi connectivity index (χ3v) is 3.61. The van der Waals surface area contributed by atoms with Gasteiger partial charge >= 0.3 is 11.9 Å². The van der Waals surface area contributed by atoms with Crippen molar-refractivity contribution in [1.29, 1.82) is 0 Å². The molecule has 0 bridgehead atoms. The highest BCUT2D eigenvalue weighted by atomic mass is 35.5. The second-order valence-electron chi connectivity index (χ2n) is 8.92. The number of rotatable bonds is 6. The summed E-state index contributed by atoms with van der Waals surface area (Å²) in [6.07, 6.45) is 0.783. The molecule has 7 heteroatoms. The van der Waals surface area contributed by atoms with Gasteiger partial charge in [0.2, 0.25) is 0 Å². The van der Waals surface area contributed by atoms with Gasteiger partial charge in [-0.3, -0.25) is 9.59 Å². The first-order valence-electron chi connectivity index (χ1n) is 9.05. The molecule has 0 saturated heterocycles. The van der Waals surface area contributed by atoms with Crippen LogP contribution in [0.2, 0.25) is 0 Å². The van der Waals surface area contributed by atoms with Crippen LogP contribution in [-0.4, -0.2) is 24.3 Å². The molecule has 0 heterocycles. The van der Waals surface area contributed by atoms with Crippen LogP contribution in [-0.2, 0) is 14.4 Å². The van der Waals surface area contributed by atoms with Crippen molar-refractivity contribution < 1.29 is 23.9 Å². The first-order chi connectivity index (χ1) is 12.3. The molecule has 0 aliphatic rings. The molecular weight excluding hydrogens is 382 g/mol. The van der Waals surface area contributed by atoms with Gasteiger partial charge in [0, 0.05) is 6.04 Å². The minimum absolute atomic E-state index is 0. The molecule has 1 aromatic rings. The van der Waals surface area contributed by atoms with Gasteiger partial charge in [-0.2, -0.15) is 0 Å². The number of carbonyl (C=O) groups is 3. The van der Waals surface area contributed by atoms with Gasteiger partial charge in [0.1, 0.15) is 6.29 Å². The number of hydrogen-bond donors (Lipinski definition) is 1. The molecular formula is C21H32ClNO5. The highest BCUT2D eigenvalue weighted by Crippen LogP contribution is 2.34. The average molecular weight is 414 g/mol. The molecule has 0 spiro atoms. The van der Waals surface area contributed by atoms with Crippen LogP contribution in [0.1, 0.15) is 67.0 Å². The number of hydrogen-bond acceptors (Lipinski definition) is 6. The minimum atomic E-state index is -0.735. The molecule has 0 fully saturated rings. The molecule has 0 aromatic heterocycles. The monoisotopic (exact) mass is 413 g/mol. The van der Waals surface area contributed by atoms with E-state index in [1.54, 1.807) is 59.7 Å². The Morgan fingerprint density at radius 1 is 0.929 bits per heavy atom. The Bertz CT molecular complexity index is 702. The summed E-state index contributed by atoms with van der Waals surface area (Å²) in [4.78, 5) is 36.1. The van der Waals surface area contributed by atoms with Crippen LogP contribution in [0.5, 0.6) is 11.5 Å². The minimum Gasteiger partial charge on any atom is -0.422 e. The lowest BCUT2D eigenvalue weighted by Gasteiger charge is -2.22. The van der Waals surface area contributed by atoms with E-state index >= 15 is 0 Å². The van der Waals surface area contributed by atoms with Crippen molar-refractivity contribution in [2.24, 2.45) is 10.8 Å². The van der Waals surface area contributed by atoms with Crippen molar-refractivity contribution >= 4 is 30.6 Å². The van der Waals surface area contributed by atoms with Crippen molar-refractivity contribution in [1.82, 2.24) is 5.32 Å². The Balaban J connectivity index is 0.00000729. The lowest BCUT2D eigenvalue weighted by Crippen LogP contribution is -2.30. The third kappa shape index (κ3) is 7.60. The van der Waals surface area contributed by atoms with E-state index in [9.17, 15) is 14.4 Å². The van der Waals surface area contributed by atoms with Crippen molar-refractivity contribution in [3.8, 4) is 11.5 Å². The number of carbonyl (C=O) groups excluding carboxylic acids is 3. The number of esters is 2. The number of ether oxygens (including phenoxy) is 2. The normalized spacial score (nSPS) is 12.8. The van der Waals surface area contributed by atoms with E-state index in [1.165, 1.54) is 0 Å². The fourth-order valence-corrected chi connectivity index (χ4v) is 1.96. The molecule has 0 amide bonds. The number of aldehydes is 1. The van der Waals surface area contributed by atoms with Crippen LogP contribution in [0, 0.1) is 10.8 Å². The highest BCUT2D eigenvalue weighted by molar-refractivity contribution is 5.85. The van der Waals surface area contributed by atoms with Crippen molar-refractivity contribution in [3.63, 3.8) is 0 Å². The fourth-order valence-electron chi connectivity index (χ4n) is 1.96. The number of nitrogens with one attached hydrogen (secondary N) is 1. The largest absolute Gasteiger partial charge is 0.422 e. The molecule has 6 nitrogen and oxygen atoms in total. The van der Waals surface area contributed by atoms with Crippen molar-refractivity contribution in [2.45, 2.75) is 67.5 Å². The fraction of sp³-hybridized carbons (Fsp3) is 0.571. The lowest BCUT2D eigenvalue weighted by molar-refractivity contribution is -0.145. The van der Waals surface area contributed by atoms with Crippen molar-refractivity contribution in [2.75, 3.05) is 0 Å². The van der Waals surface area contributed by atoms with Crippen LogP contribution < -0.4 is 14.8 Å². The van der Waals surface area contributed by atoms with Crippen LogP contribution >= 0.6 is 12.4 Å². The zero-order chi connectivity index (χ0) is 21.0. The maximum atomic E-state index is 12.3. The summed E-state index contributed by atoms with van der Waals surface area (Å²) in [5.74, 6) is -0.657. The van der Waals surface area contributed by atoms with Crippen LogP contribution in [0.3, 0.4) is 0 Å². The maximum absolute atomic E-state index is 12.3. The van der Waals surface area contributed by atoms with Gasteiger partial charge in [0.25, 0.3) is 0 Å². The number of halogens is 1. The summed E-state index contributed by atoms with van der Waals surface area (Å²) < 4.78 is 11.0. The van der Waals surface area contributed by atoms with E-state index in [2.05, 4.69) is 5.32 Å². The summed E-state index contributed by atoms with van der Waals surface area (Å²) in [6.45, 7) is 14.3. The predicted molar refractivity (Wildman–Crippen MR) is 111 cm³/mol. The topological polar surface area (TPSA) is 81.7 Å². The van der Waals surface area contributed by atoms with Gasteiger partial charge < -0.3 is 19.6 Å². The summed E-state index contributed by atoms with van der Waals surface area (Å²) >= 11 is 0. The Morgan fingerprint density at radius 3 is 1.79 bits per heavy atom. The molecule has 1 rings (SSSR count). The van der Waals surface area contributed by atoms with Gasteiger partial charge in [-0.05, 0) is 73.1 Å². The van der Waals surface area contributed by atoms with E-state index < -0.39 is 28.8 Å². The second kappa shape index (κ2) is 10.0. The van der Waals surface area contributed by atoms with Gasteiger partial charge in [-0.15, -0.1) is 12.4 Å². The number of benzene rings is 1. The first kappa shape index (κ1) is 26.1. The second-order valence-corrected chi connectivity index (χ2v) is 8.92. The highest BCUT2D eigenvalue weighted by Gasteiger charge is 2.28. The van der Waals surface area contributed by atoms with Crippen molar-refractivity contribution in [3.05, 3.63) is 23.8 Å². The predicted octanol–water partition coefficient (Wildman–Crippen LogP) is 4.25. The van der Waals surface area contributed by atoms with Gasteiger partial charge in [0.05, 0.1) is 16.9 Å². The van der Waals surface area contributed by atoms with Crippen LogP contribution in [0.4, 0.5) is 0 Å². The standard InChI is InChI=1S/C21H31NO5.ClH/c1-13(2)22-15(12-23)14-9-10-16(26-18(24)20(3,4)5)17(11-14)27-19(25)21(6,7)8;/h9-13,15,22H,1-8H3;1H. The Hall–Kier alpha value is -1.92. The average Bonchev–Trinajstić information content (AvgIpc) is 2.52. The van der Waals surface area contributed by atoms with E-state index in [0.29, 0.717) is 5.56 Å². The molecule has 1 unspecified atom stereocenters. The van der Waals surface area contributed by atoms with Gasteiger partial charge in [-0.25, -0.2) is 0 Å². The zero-order valence-corrected chi connectivity index (χ0v) is 18.7. The summed E-state index contributed by atoms with van der Waals surface area (Å²) in [7, 11) is 0. The smallest absolute Gasteiger partial charge is 0.316 e. The molecule has 1 N–H and O–H groups in total. The van der Waals surface area contributed by atoms with E-state index in [0.717, 1.165) is 6.29 Å². The molecule has 1 aromatic carbocycles. The molecule has 0 radical (unpaired) electrons. The van der Waals surface area contributed by atoms with Crippen LogP contribution in [0.15, 0.2) is 18.2 Å². The quantitative estimate of drug-likeness (QED) is 0.426. The maximum Gasteiger partial charge on any atom is 0.316 e. The van der Waals surface area contributed by atoms with E-state index in [1.807, 2.05) is 13.8 Å². The Morgan fingerprint density at radius 2 is 1.39 bits per heavy atom. The molecule has 1 atom stereocenters. The Kier molecular flexibility index (Phi) is 9.34. The molecule has 0 aliphatic carbocycles. The van der Waals surface area contributed by atoms with E-state index in [4.69, 9.17) is 9.47 Å². The third-order valence-electron chi connectivity index (χ3n) is 3.61. The summed E-state index contributed by atoms with van der Waals surface area (Å²) in [5, 5.41) is 3.12. The lowest BCUT2D eigenvalue weighted by atomic mass is 9.97. The molecule has 0 saturated carbocycles. The molecule has 0 aliphatic heterocycles.